The van der Waals surface area contributed by atoms with Crippen molar-refractivity contribution in [2.75, 3.05) is 33.9 Å². The minimum absolute atomic E-state index is 0.0157. The zero-order chi connectivity index (χ0) is 13.7. The van der Waals surface area contributed by atoms with Gasteiger partial charge in [-0.2, -0.15) is 0 Å². The molecule has 1 fully saturated rings. The first-order valence-corrected chi connectivity index (χ1v) is 6.88. The zero-order valence-corrected chi connectivity index (χ0v) is 11.9. The van der Waals surface area contributed by atoms with Crippen LogP contribution in [-0.4, -0.2) is 44.3 Å². The number of likely N-dealkylation sites (N-methyl/N-ethyl adjacent to an activating group) is 1. The summed E-state index contributed by atoms with van der Waals surface area (Å²) in [5.74, 6) is 1.71. The molecular weight excluding hydrogens is 240 g/mol. The van der Waals surface area contributed by atoms with E-state index in [9.17, 15) is 0 Å². The summed E-state index contributed by atoms with van der Waals surface area (Å²) in [6.45, 7) is 2.38. The van der Waals surface area contributed by atoms with Gasteiger partial charge in [0.15, 0.2) is 0 Å². The Bertz CT molecular complexity index is 394. The molecule has 1 atom stereocenters. The number of hydrogen-bond donors (Lipinski definition) is 1. The Morgan fingerprint density at radius 2 is 1.89 bits per heavy atom. The average Bonchev–Trinajstić information content (AvgIpc) is 2.47. The van der Waals surface area contributed by atoms with Crippen LogP contribution >= 0.6 is 0 Å². The number of benzene rings is 1. The normalized spacial score (nSPS) is 24.2. The highest BCUT2D eigenvalue weighted by Crippen LogP contribution is 2.27. The number of nitrogens with zero attached hydrogens (tertiary/aromatic N) is 1. The van der Waals surface area contributed by atoms with Crippen molar-refractivity contribution in [3.63, 3.8) is 0 Å². The fraction of sp³-hybridized carbons (Fsp3) is 0.600. The predicted molar refractivity (Wildman–Crippen MR) is 76.8 cm³/mol. The Kier molecular flexibility index (Phi) is 4.66. The second-order valence-corrected chi connectivity index (χ2v) is 5.27. The molecule has 1 saturated heterocycles. The van der Waals surface area contributed by atoms with E-state index in [0.717, 1.165) is 24.5 Å². The van der Waals surface area contributed by atoms with E-state index in [-0.39, 0.29) is 5.54 Å². The third-order valence-corrected chi connectivity index (χ3v) is 4.14. The van der Waals surface area contributed by atoms with Crippen molar-refractivity contribution in [1.29, 1.82) is 0 Å². The summed E-state index contributed by atoms with van der Waals surface area (Å²) in [6, 6.07) is 7.70. The fourth-order valence-corrected chi connectivity index (χ4v) is 2.62. The second-order valence-electron chi connectivity index (χ2n) is 5.27. The Morgan fingerprint density at radius 1 is 1.21 bits per heavy atom. The maximum Gasteiger partial charge on any atom is 0.119 e. The van der Waals surface area contributed by atoms with Crippen LogP contribution in [0, 0.1) is 0 Å². The lowest BCUT2D eigenvalue weighted by Crippen LogP contribution is -2.58. The van der Waals surface area contributed by atoms with Crippen molar-refractivity contribution in [3.8, 4) is 11.5 Å². The number of ether oxygens (including phenoxy) is 2. The van der Waals surface area contributed by atoms with Gasteiger partial charge in [-0.05, 0) is 50.7 Å². The summed E-state index contributed by atoms with van der Waals surface area (Å²) in [7, 11) is 3.81. The van der Waals surface area contributed by atoms with Crippen LogP contribution in [0.3, 0.4) is 0 Å². The van der Waals surface area contributed by atoms with Crippen LogP contribution < -0.4 is 15.2 Å². The summed E-state index contributed by atoms with van der Waals surface area (Å²) in [4.78, 5) is 2.35. The second kappa shape index (κ2) is 6.26. The number of methoxy groups -OCH3 is 1. The summed E-state index contributed by atoms with van der Waals surface area (Å²) in [6.07, 6.45) is 3.59. The van der Waals surface area contributed by atoms with Gasteiger partial charge < -0.3 is 15.2 Å². The monoisotopic (exact) mass is 264 g/mol. The quantitative estimate of drug-likeness (QED) is 0.882. The smallest absolute Gasteiger partial charge is 0.119 e. The van der Waals surface area contributed by atoms with Crippen molar-refractivity contribution in [2.24, 2.45) is 5.73 Å². The van der Waals surface area contributed by atoms with Crippen molar-refractivity contribution >= 4 is 0 Å². The van der Waals surface area contributed by atoms with E-state index < -0.39 is 0 Å². The lowest BCUT2D eigenvalue weighted by molar-refractivity contribution is 0.0340. The first-order chi connectivity index (χ1) is 9.20. The summed E-state index contributed by atoms with van der Waals surface area (Å²) >= 11 is 0. The standard InChI is InChI=1S/C15H24N2O2/c1-17-10-4-3-9-15(17,11-16)12-19-14-7-5-13(18-2)6-8-14/h5-8H,3-4,9-12,16H2,1-2H3. The lowest BCUT2D eigenvalue weighted by atomic mass is 9.88. The van der Waals surface area contributed by atoms with Crippen molar-refractivity contribution in [3.05, 3.63) is 24.3 Å². The van der Waals surface area contributed by atoms with Crippen molar-refractivity contribution < 1.29 is 9.47 Å². The molecule has 1 heterocycles. The maximum absolute atomic E-state index is 6.00. The summed E-state index contributed by atoms with van der Waals surface area (Å²) < 4.78 is 11.1. The molecule has 1 aliphatic heterocycles. The van der Waals surface area contributed by atoms with Gasteiger partial charge in [0, 0.05) is 6.54 Å². The van der Waals surface area contributed by atoms with Gasteiger partial charge in [-0.25, -0.2) is 0 Å². The van der Waals surface area contributed by atoms with Gasteiger partial charge in [-0.15, -0.1) is 0 Å². The van der Waals surface area contributed by atoms with E-state index in [4.69, 9.17) is 15.2 Å². The molecule has 4 heteroatoms. The van der Waals surface area contributed by atoms with Gasteiger partial charge in [-0.3, -0.25) is 4.90 Å². The minimum Gasteiger partial charge on any atom is -0.497 e. The Labute approximate surface area is 115 Å². The van der Waals surface area contributed by atoms with Gasteiger partial charge >= 0.3 is 0 Å². The minimum atomic E-state index is -0.0157. The lowest BCUT2D eigenvalue weighted by Gasteiger charge is -2.44. The average molecular weight is 264 g/mol. The number of likely N-dealkylation sites (tertiary alicyclic amines) is 1. The molecule has 0 aliphatic carbocycles. The van der Waals surface area contributed by atoms with Gasteiger partial charge in [0.1, 0.15) is 18.1 Å². The van der Waals surface area contributed by atoms with E-state index in [1.165, 1.54) is 12.8 Å². The van der Waals surface area contributed by atoms with E-state index in [0.29, 0.717) is 13.2 Å². The van der Waals surface area contributed by atoms with Crippen LogP contribution in [0.15, 0.2) is 24.3 Å². The van der Waals surface area contributed by atoms with E-state index in [1.54, 1.807) is 7.11 Å². The molecule has 0 amide bonds. The van der Waals surface area contributed by atoms with Gasteiger partial charge in [0.25, 0.3) is 0 Å². The number of nitrogens with two attached hydrogens (primary N) is 1. The molecule has 19 heavy (non-hydrogen) atoms. The van der Waals surface area contributed by atoms with Gasteiger partial charge in [-0.1, -0.05) is 6.42 Å². The first-order valence-electron chi connectivity index (χ1n) is 6.88. The Balaban J connectivity index is 1.98. The van der Waals surface area contributed by atoms with E-state index in [1.807, 2.05) is 24.3 Å². The summed E-state index contributed by atoms with van der Waals surface area (Å²) in [5.41, 5.74) is 5.98. The molecule has 0 aromatic heterocycles. The number of rotatable bonds is 5. The molecule has 0 spiro atoms. The van der Waals surface area contributed by atoms with Gasteiger partial charge in [0.2, 0.25) is 0 Å². The number of piperidine rings is 1. The third-order valence-electron chi connectivity index (χ3n) is 4.14. The topological polar surface area (TPSA) is 47.7 Å². The van der Waals surface area contributed by atoms with Gasteiger partial charge in [0.05, 0.1) is 12.6 Å². The molecule has 2 rings (SSSR count). The van der Waals surface area contributed by atoms with E-state index >= 15 is 0 Å². The molecule has 0 radical (unpaired) electrons. The van der Waals surface area contributed by atoms with Crippen LogP contribution in [-0.2, 0) is 0 Å². The Hall–Kier alpha value is -1.26. The molecule has 2 N–H and O–H groups in total. The molecule has 1 aromatic rings. The highest BCUT2D eigenvalue weighted by atomic mass is 16.5. The largest absolute Gasteiger partial charge is 0.497 e. The third kappa shape index (κ3) is 3.19. The van der Waals surface area contributed by atoms with Crippen molar-refractivity contribution in [1.82, 2.24) is 4.90 Å². The molecule has 4 nitrogen and oxygen atoms in total. The molecular formula is C15H24N2O2. The number of hydrogen-bond acceptors (Lipinski definition) is 4. The Morgan fingerprint density at radius 3 is 2.47 bits per heavy atom. The fourth-order valence-electron chi connectivity index (χ4n) is 2.62. The molecule has 1 unspecified atom stereocenters. The maximum atomic E-state index is 6.00. The van der Waals surface area contributed by atoms with E-state index in [2.05, 4.69) is 11.9 Å². The van der Waals surface area contributed by atoms with Crippen LogP contribution in [0.5, 0.6) is 11.5 Å². The molecule has 106 valence electrons. The highest BCUT2D eigenvalue weighted by molar-refractivity contribution is 5.31. The molecule has 0 saturated carbocycles. The van der Waals surface area contributed by atoms with Crippen molar-refractivity contribution in [2.45, 2.75) is 24.8 Å². The summed E-state index contributed by atoms with van der Waals surface area (Å²) in [5, 5.41) is 0. The van der Waals surface area contributed by atoms with Crippen LogP contribution in [0.4, 0.5) is 0 Å². The first kappa shape index (κ1) is 14.2. The van der Waals surface area contributed by atoms with Crippen LogP contribution in [0.25, 0.3) is 0 Å². The highest BCUT2D eigenvalue weighted by Gasteiger charge is 2.36. The predicted octanol–water partition coefficient (Wildman–Crippen LogP) is 1.89. The SMILES string of the molecule is COc1ccc(OCC2(CN)CCCCN2C)cc1. The molecule has 1 aliphatic rings. The molecule has 0 bridgehead atoms. The van der Waals surface area contributed by atoms with Crippen LogP contribution in [0.1, 0.15) is 19.3 Å². The molecule has 1 aromatic carbocycles. The van der Waals surface area contributed by atoms with Crippen LogP contribution in [0.2, 0.25) is 0 Å². The zero-order valence-electron chi connectivity index (χ0n) is 11.9.